The predicted octanol–water partition coefficient (Wildman–Crippen LogP) is 3.50. The summed E-state index contributed by atoms with van der Waals surface area (Å²) in [5.74, 6) is -0.729. The quantitative estimate of drug-likeness (QED) is 0.375. The lowest BCUT2D eigenvalue weighted by Crippen LogP contribution is -2.29. The summed E-state index contributed by atoms with van der Waals surface area (Å²) in [5.41, 5.74) is 2.52. The zero-order chi connectivity index (χ0) is 23.1. The highest BCUT2D eigenvalue weighted by Gasteiger charge is 2.47. The fraction of sp³-hybridized carbons (Fsp3) is 0.160. The maximum Gasteiger partial charge on any atom is 0.300 e. The topological polar surface area (TPSA) is 92.2 Å². The van der Waals surface area contributed by atoms with Crippen molar-refractivity contribution < 1.29 is 24.2 Å². The van der Waals surface area contributed by atoms with E-state index in [0.29, 0.717) is 28.3 Å². The van der Waals surface area contributed by atoms with E-state index in [-0.39, 0.29) is 18.1 Å². The molecule has 2 aliphatic heterocycles. The van der Waals surface area contributed by atoms with E-state index in [4.69, 9.17) is 9.47 Å². The van der Waals surface area contributed by atoms with Gasteiger partial charge in [0.25, 0.3) is 11.7 Å². The van der Waals surface area contributed by atoms with E-state index in [9.17, 15) is 14.7 Å². The van der Waals surface area contributed by atoms with Crippen LogP contribution in [0.25, 0.3) is 5.76 Å². The molecule has 5 rings (SSSR count). The number of ketones is 1. The van der Waals surface area contributed by atoms with Gasteiger partial charge in [0.15, 0.2) is 11.5 Å². The largest absolute Gasteiger partial charge is 0.507 e. The van der Waals surface area contributed by atoms with Gasteiger partial charge in [0.2, 0.25) is 6.79 Å². The van der Waals surface area contributed by atoms with Gasteiger partial charge in [0.1, 0.15) is 5.76 Å². The van der Waals surface area contributed by atoms with Gasteiger partial charge in [0.05, 0.1) is 11.6 Å². The van der Waals surface area contributed by atoms with Crippen LogP contribution in [-0.4, -0.2) is 42.7 Å². The maximum atomic E-state index is 13.2. The molecule has 1 atom stereocenters. The van der Waals surface area contributed by atoms with E-state index >= 15 is 0 Å². The number of pyridine rings is 1. The third kappa shape index (κ3) is 3.45. The first kappa shape index (κ1) is 20.6. The molecule has 1 amide bonds. The predicted molar refractivity (Wildman–Crippen MR) is 122 cm³/mol. The van der Waals surface area contributed by atoms with Crippen molar-refractivity contribution in [1.82, 2.24) is 4.98 Å². The van der Waals surface area contributed by atoms with Crippen LogP contribution >= 0.6 is 0 Å². The molecular formula is C25H21N3O5. The summed E-state index contributed by atoms with van der Waals surface area (Å²) in [4.78, 5) is 33.8. The fourth-order valence-electron chi connectivity index (χ4n) is 4.07. The molecule has 2 aliphatic rings. The molecule has 0 bridgehead atoms. The van der Waals surface area contributed by atoms with Crippen LogP contribution in [-0.2, 0) is 9.59 Å². The smallest absolute Gasteiger partial charge is 0.300 e. The Hall–Kier alpha value is -4.33. The Labute approximate surface area is 190 Å². The first-order chi connectivity index (χ1) is 16.0. The summed E-state index contributed by atoms with van der Waals surface area (Å²) in [6.45, 7) is 0.0872. The number of aliphatic hydroxyl groups is 1. The number of carbonyl (C=O) groups is 2. The Bertz CT molecular complexity index is 1270. The second kappa shape index (κ2) is 7.98. The number of aromatic nitrogens is 1. The summed E-state index contributed by atoms with van der Waals surface area (Å²) in [6.07, 6.45) is 3.18. The summed E-state index contributed by atoms with van der Waals surface area (Å²) in [7, 11) is 3.84. The van der Waals surface area contributed by atoms with Gasteiger partial charge < -0.3 is 19.5 Å². The van der Waals surface area contributed by atoms with Crippen molar-refractivity contribution in [3.8, 4) is 11.5 Å². The van der Waals surface area contributed by atoms with Crippen LogP contribution in [0.2, 0.25) is 0 Å². The van der Waals surface area contributed by atoms with Gasteiger partial charge in [-0.05, 0) is 60.2 Å². The summed E-state index contributed by atoms with van der Waals surface area (Å²) >= 11 is 0. The lowest BCUT2D eigenvalue weighted by molar-refractivity contribution is -0.132. The normalized spacial score (nSPS) is 18.6. The second-order valence-corrected chi connectivity index (χ2v) is 7.93. The van der Waals surface area contributed by atoms with Crippen LogP contribution in [0.15, 0.2) is 72.6 Å². The number of Topliss-reactive ketones (excluding diaryl/α,β-unsaturated/α-hetero) is 1. The number of fused-ring (bicyclic) bond motifs is 1. The van der Waals surface area contributed by atoms with E-state index in [1.54, 1.807) is 54.9 Å². The van der Waals surface area contributed by atoms with E-state index in [1.165, 1.54) is 4.90 Å². The number of nitrogens with zero attached hydrogens (tertiary/aromatic N) is 3. The summed E-state index contributed by atoms with van der Waals surface area (Å²) in [6, 6.07) is 14.8. The molecule has 2 aromatic carbocycles. The molecule has 0 saturated carbocycles. The average Bonchev–Trinajstić information content (AvgIpc) is 3.41. The highest BCUT2D eigenvalue weighted by molar-refractivity contribution is 6.51. The Morgan fingerprint density at radius 3 is 2.39 bits per heavy atom. The number of aliphatic hydroxyl groups excluding tert-OH is 1. The molecular weight excluding hydrogens is 422 g/mol. The van der Waals surface area contributed by atoms with Crippen LogP contribution < -0.4 is 19.3 Å². The molecule has 1 unspecified atom stereocenters. The van der Waals surface area contributed by atoms with Crippen LogP contribution in [0.4, 0.5) is 11.4 Å². The molecule has 1 fully saturated rings. The Balaban J connectivity index is 1.66. The summed E-state index contributed by atoms with van der Waals surface area (Å²) < 4.78 is 10.7. The average molecular weight is 443 g/mol. The van der Waals surface area contributed by atoms with E-state index in [0.717, 1.165) is 5.69 Å². The highest BCUT2D eigenvalue weighted by Crippen LogP contribution is 2.43. The Morgan fingerprint density at radius 2 is 1.70 bits per heavy atom. The Morgan fingerprint density at radius 1 is 1.00 bits per heavy atom. The van der Waals surface area contributed by atoms with Gasteiger partial charge in [-0.2, -0.15) is 0 Å². The maximum absolute atomic E-state index is 13.2. The minimum absolute atomic E-state index is 0.00162. The number of amides is 1. The SMILES string of the molecule is CN(C)c1ccc(N2C(=O)C(=O)/C(=C(\O)c3ccc4c(c3)OCO4)C2c2ccncc2)cc1. The van der Waals surface area contributed by atoms with Gasteiger partial charge >= 0.3 is 0 Å². The lowest BCUT2D eigenvalue weighted by atomic mass is 9.95. The minimum atomic E-state index is -0.816. The lowest BCUT2D eigenvalue weighted by Gasteiger charge is -2.26. The van der Waals surface area contributed by atoms with Crippen LogP contribution in [0, 0.1) is 0 Å². The van der Waals surface area contributed by atoms with E-state index < -0.39 is 17.7 Å². The van der Waals surface area contributed by atoms with Crippen molar-refractivity contribution in [2.75, 3.05) is 30.7 Å². The molecule has 8 heteroatoms. The van der Waals surface area contributed by atoms with Gasteiger partial charge in [0, 0.05) is 43.4 Å². The van der Waals surface area contributed by atoms with Crippen molar-refractivity contribution in [2.45, 2.75) is 6.04 Å². The van der Waals surface area contributed by atoms with Crippen LogP contribution in [0.3, 0.4) is 0 Å². The van der Waals surface area contributed by atoms with Gasteiger partial charge in [-0.3, -0.25) is 19.5 Å². The number of anilines is 2. The standard InChI is InChI=1S/C25H21N3O5/c1-27(2)17-4-6-18(7-5-17)28-22(15-9-11-26-12-10-15)21(24(30)25(28)31)23(29)16-3-8-19-20(13-16)33-14-32-19/h3-13,22,29H,14H2,1-2H3/b23-21-. The van der Waals surface area contributed by atoms with Crippen LogP contribution in [0.1, 0.15) is 17.2 Å². The van der Waals surface area contributed by atoms with Gasteiger partial charge in [-0.25, -0.2) is 0 Å². The zero-order valence-electron chi connectivity index (χ0n) is 18.1. The van der Waals surface area contributed by atoms with E-state index in [2.05, 4.69) is 4.98 Å². The minimum Gasteiger partial charge on any atom is -0.507 e. The fourth-order valence-corrected chi connectivity index (χ4v) is 4.07. The number of ether oxygens (including phenoxy) is 2. The van der Waals surface area contributed by atoms with Crippen molar-refractivity contribution in [3.63, 3.8) is 0 Å². The highest BCUT2D eigenvalue weighted by atomic mass is 16.7. The first-order valence-electron chi connectivity index (χ1n) is 10.3. The molecule has 3 aromatic rings. The molecule has 0 aliphatic carbocycles. The molecule has 0 spiro atoms. The molecule has 1 N–H and O–H groups in total. The number of hydrogen-bond donors (Lipinski definition) is 1. The number of carbonyl (C=O) groups excluding carboxylic acids is 2. The molecule has 166 valence electrons. The molecule has 1 aromatic heterocycles. The molecule has 1 saturated heterocycles. The van der Waals surface area contributed by atoms with Crippen molar-refractivity contribution >= 4 is 28.8 Å². The van der Waals surface area contributed by atoms with Gasteiger partial charge in [-0.15, -0.1) is 0 Å². The number of hydrogen-bond acceptors (Lipinski definition) is 7. The second-order valence-electron chi connectivity index (χ2n) is 7.93. The summed E-state index contributed by atoms with van der Waals surface area (Å²) in [5, 5.41) is 11.2. The van der Waals surface area contributed by atoms with Gasteiger partial charge in [-0.1, -0.05) is 0 Å². The zero-order valence-corrected chi connectivity index (χ0v) is 18.1. The first-order valence-corrected chi connectivity index (χ1v) is 10.3. The van der Waals surface area contributed by atoms with Crippen molar-refractivity contribution in [3.05, 3.63) is 83.7 Å². The van der Waals surface area contributed by atoms with Crippen molar-refractivity contribution in [1.29, 1.82) is 0 Å². The molecule has 0 radical (unpaired) electrons. The molecule has 8 nitrogen and oxygen atoms in total. The molecule has 3 heterocycles. The third-order valence-corrected chi connectivity index (χ3v) is 5.76. The van der Waals surface area contributed by atoms with E-state index in [1.807, 2.05) is 31.1 Å². The monoisotopic (exact) mass is 443 g/mol. The molecule has 33 heavy (non-hydrogen) atoms. The number of benzene rings is 2. The Kier molecular flexibility index (Phi) is 4.97. The van der Waals surface area contributed by atoms with Crippen molar-refractivity contribution in [2.24, 2.45) is 0 Å². The van der Waals surface area contributed by atoms with Crippen LogP contribution in [0.5, 0.6) is 11.5 Å². The number of rotatable bonds is 4. The third-order valence-electron chi connectivity index (χ3n) is 5.76.